The summed E-state index contributed by atoms with van der Waals surface area (Å²) in [7, 11) is 0. The lowest BCUT2D eigenvalue weighted by atomic mass is 9.98. The van der Waals surface area contributed by atoms with Crippen molar-refractivity contribution in [1.82, 2.24) is 0 Å². The summed E-state index contributed by atoms with van der Waals surface area (Å²) in [5, 5.41) is 0. The molecule has 0 saturated heterocycles. The normalized spacial score (nSPS) is 10.8. The van der Waals surface area contributed by atoms with Gasteiger partial charge in [0.05, 0.1) is 0 Å². The Morgan fingerprint density at radius 2 is 1.62 bits per heavy atom. The molecule has 0 amide bonds. The second-order valence-corrected chi connectivity index (χ2v) is 4.26. The Balaban J connectivity index is 2.45. The molecule has 0 nitrogen and oxygen atoms in total. The van der Waals surface area contributed by atoms with Crippen LogP contribution in [-0.4, -0.2) is 0 Å². The predicted octanol–water partition coefficient (Wildman–Crippen LogP) is 4.62. The van der Waals surface area contributed by atoms with E-state index in [4.69, 9.17) is 0 Å². The predicted molar refractivity (Wildman–Crippen MR) is 65.9 cm³/mol. The highest BCUT2D eigenvalue weighted by atomic mass is 19.1. The third-order valence-corrected chi connectivity index (χ3v) is 2.74. The average molecular weight is 214 g/mol. The van der Waals surface area contributed by atoms with E-state index in [-0.39, 0.29) is 5.82 Å². The largest absolute Gasteiger partial charge is 0.206 e. The van der Waals surface area contributed by atoms with Gasteiger partial charge in [-0.05, 0) is 23.1 Å². The van der Waals surface area contributed by atoms with Gasteiger partial charge in [-0.3, -0.25) is 0 Å². The van der Waals surface area contributed by atoms with Gasteiger partial charge in [-0.2, -0.15) is 0 Å². The molecular weight excluding hydrogens is 199 g/mol. The summed E-state index contributed by atoms with van der Waals surface area (Å²) in [5.74, 6) is 0.219. The van der Waals surface area contributed by atoms with Gasteiger partial charge in [0.2, 0.25) is 0 Å². The molecule has 0 aromatic heterocycles. The SMILES string of the molecule is CC(C)c1ccc(-c2ccccc2)c(F)c1. The molecule has 2 aromatic carbocycles. The Hall–Kier alpha value is -1.63. The van der Waals surface area contributed by atoms with Crippen LogP contribution in [0.3, 0.4) is 0 Å². The maximum atomic E-state index is 13.9. The summed E-state index contributed by atoms with van der Waals surface area (Å²) < 4.78 is 13.9. The second kappa shape index (κ2) is 4.48. The van der Waals surface area contributed by atoms with Crippen molar-refractivity contribution in [2.45, 2.75) is 19.8 Å². The van der Waals surface area contributed by atoms with Crippen LogP contribution in [0, 0.1) is 5.82 Å². The van der Waals surface area contributed by atoms with Crippen molar-refractivity contribution in [3.63, 3.8) is 0 Å². The van der Waals surface area contributed by atoms with Gasteiger partial charge in [0, 0.05) is 5.56 Å². The van der Waals surface area contributed by atoms with Crippen molar-refractivity contribution < 1.29 is 4.39 Å². The first kappa shape index (κ1) is 10.9. The lowest BCUT2D eigenvalue weighted by Crippen LogP contribution is -1.91. The molecule has 2 rings (SSSR count). The van der Waals surface area contributed by atoms with Crippen LogP contribution < -0.4 is 0 Å². The number of hydrogen-bond donors (Lipinski definition) is 0. The highest BCUT2D eigenvalue weighted by Crippen LogP contribution is 2.25. The maximum Gasteiger partial charge on any atom is 0.131 e. The van der Waals surface area contributed by atoms with E-state index < -0.39 is 0 Å². The molecule has 0 radical (unpaired) electrons. The minimum atomic E-state index is -0.141. The molecule has 16 heavy (non-hydrogen) atoms. The minimum Gasteiger partial charge on any atom is -0.206 e. The first-order valence-electron chi connectivity index (χ1n) is 5.53. The molecule has 0 fully saturated rings. The summed E-state index contributed by atoms with van der Waals surface area (Å²) in [4.78, 5) is 0. The molecule has 0 spiro atoms. The fourth-order valence-electron chi connectivity index (χ4n) is 1.74. The molecule has 1 heteroatoms. The number of benzene rings is 2. The van der Waals surface area contributed by atoms with E-state index in [0.29, 0.717) is 11.5 Å². The standard InChI is InChI=1S/C15H15F/c1-11(2)13-8-9-14(15(16)10-13)12-6-4-3-5-7-12/h3-11H,1-2H3. The molecule has 0 atom stereocenters. The first-order valence-corrected chi connectivity index (χ1v) is 5.53. The molecule has 2 aromatic rings. The van der Waals surface area contributed by atoms with E-state index in [1.54, 1.807) is 6.07 Å². The van der Waals surface area contributed by atoms with Crippen molar-refractivity contribution in [2.24, 2.45) is 0 Å². The molecule has 0 aliphatic rings. The van der Waals surface area contributed by atoms with E-state index in [1.165, 1.54) is 0 Å². The van der Waals surface area contributed by atoms with E-state index >= 15 is 0 Å². The van der Waals surface area contributed by atoms with Crippen LogP contribution in [-0.2, 0) is 0 Å². The lowest BCUT2D eigenvalue weighted by molar-refractivity contribution is 0.627. The van der Waals surface area contributed by atoms with Crippen molar-refractivity contribution >= 4 is 0 Å². The van der Waals surface area contributed by atoms with Gasteiger partial charge in [0.25, 0.3) is 0 Å². The van der Waals surface area contributed by atoms with E-state index in [1.807, 2.05) is 42.5 Å². The fraction of sp³-hybridized carbons (Fsp3) is 0.200. The smallest absolute Gasteiger partial charge is 0.131 e. The Kier molecular flexibility index (Phi) is 3.04. The Labute approximate surface area is 95.7 Å². The average Bonchev–Trinajstić information content (AvgIpc) is 2.30. The monoisotopic (exact) mass is 214 g/mol. The third-order valence-electron chi connectivity index (χ3n) is 2.74. The van der Waals surface area contributed by atoms with Gasteiger partial charge < -0.3 is 0 Å². The van der Waals surface area contributed by atoms with Crippen molar-refractivity contribution in [2.75, 3.05) is 0 Å². The van der Waals surface area contributed by atoms with Crippen LogP contribution in [0.25, 0.3) is 11.1 Å². The number of halogens is 1. The van der Waals surface area contributed by atoms with Gasteiger partial charge in [-0.25, -0.2) is 4.39 Å². The summed E-state index contributed by atoms with van der Waals surface area (Å²) in [6.07, 6.45) is 0. The van der Waals surface area contributed by atoms with Crippen molar-refractivity contribution in [3.05, 3.63) is 59.9 Å². The molecular formula is C15H15F. The highest BCUT2D eigenvalue weighted by Gasteiger charge is 2.07. The van der Waals surface area contributed by atoms with Gasteiger partial charge in [-0.1, -0.05) is 56.3 Å². The molecule has 0 unspecified atom stereocenters. The quantitative estimate of drug-likeness (QED) is 0.684. The minimum absolute atomic E-state index is 0.141. The number of hydrogen-bond acceptors (Lipinski definition) is 0. The topological polar surface area (TPSA) is 0 Å². The van der Waals surface area contributed by atoms with Crippen LogP contribution in [0.5, 0.6) is 0 Å². The highest BCUT2D eigenvalue weighted by molar-refractivity contribution is 5.64. The Morgan fingerprint density at radius 1 is 0.938 bits per heavy atom. The first-order chi connectivity index (χ1) is 7.68. The molecule has 0 bridgehead atoms. The van der Waals surface area contributed by atoms with E-state index in [2.05, 4.69) is 13.8 Å². The van der Waals surface area contributed by atoms with Gasteiger partial charge in [0.15, 0.2) is 0 Å². The van der Waals surface area contributed by atoms with Crippen LogP contribution in [0.2, 0.25) is 0 Å². The zero-order valence-electron chi connectivity index (χ0n) is 9.57. The van der Waals surface area contributed by atoms with Gasteiger partial charge in [0.1, 0.15) is 5.82 Å². The summed E-state index contributed by atoms with van der Waals surface area (Å²) in [5.41, 5.74) is 2.64. The van der Waals surface area contributed by atoms with Crippen LogP contribution >= 0.6 is 0 Å². The summed E-state index contributed by atoms with van der Waals surface area (Å²) in [6.45, 7) is 4.13. The molecule has 0 saturated carbocycles. The lowest BCUT2D eigenvalue weighted by Gasteiger charge is -2.08. The second-order valence-electron chi connectivity index (χ2n) is 4.26. The molecule has 0 aliphatic carbocycles. The zero-order valence-corrected chi connectivity index (χ0v) is 9.57. The van der Waals surface area contributed by atoms with Gasteiger partial charge >= 0.3 is 0 Å². The summed E-state index contributed by atoms with van der Waals surface area (Å²) >= 11 is 0. The van der Waals surface area contributed by atoms with Crippen LogP contribution in [0.4, 0.5) is 4.39 Å². The number of rotatable bonds is 2. The Bertz CT molecular complexity index is 472. The zero-order chi connectivity index (χ0) is 11.5. The van der Waals surface area contributed by atoms with Crippen molar-refractivity contribution in [1.29, 1.82) is 0 Å². The van der Waals surface area contributed by atoms with E-state index in [9.17, 15) is 4.39 Å². The van der Waals surface area contributed by atoms with E-state index in [0.717, 1.165) is 11.1 Å². The molecule has 0 aliphatic heterocycles. The summed E-state index contributed by atoms with van der Waals surface area (Å²) in [6, 6.07) is 15.1. The molecule has 0 N–H and O–H groups in total. The molecule has 0 heterocycles. The Morgan fingerprint density at radius 3 is 2.19 bits per heavy atom. The van der Waals surface area contributed by atoms with Crippen molar-refractivity contribution in [3.8, 4) is 11.1 Å². The maximum absolute atomic E-state index is 13.9. The fourth-order valence-corrected chi connectivity index (χ4v) is 1.74. The van der Waals surface area contributed by atoms with Gasteiger partial charge in [-0.15, -0.1) is 0 Å². The van der Waals surface area contributed by atoms with Crippen LogP contribution in [0.15, 0.2) is 48.5 Å². The molecule has 82 valence electrons. The van der Waals surface area contributed by atoms with Crippen LogP contribution in [0.1, 0.15) is 25.3 Å². The third kappa shape index (κ3) is 2.13.